The van der Waals surface area contributed by atoms with E-state index < -0.39 is 0 Å². The summed E-state index contributed by atoms with van der Waals surface area (Å²) in [5.41, 5.74) is 2.68. The molecule has 1 amide bonds. The number of likely N-dealkylation sites (tertiary alicyclic amines) is 1. The van der Waals surface area contributed by atoms with Crippen molar-refractivity contribution in [2.45, 2.75) is 32.9 Å². The monoisotopic (exact) mass is 434 g/mol. The first-order valence-corrected chi connectivity index (χ1v) is 11.1. The molecular weight excluding hydrogens is 404 g/mol. The lowest BCUT2D eigenvalue weighted by molar-refractivity contribution is 0.0769. The molecule has 4 rings (SSSR count). The highest BCUT2D eigenvalue weighted by Gasteiger charge is 2.18. The summed E-state index contributed by atoms with van der Waals surface area (Å²) in [5.74, 6) is 2.25. The van der Waals surface area contributed by atoms with Crippen LogP contribution in [0.3, 0.4) is 0 Å². The van der Waals surface area contributed by atoms with E-state index in [1.165, 1.54) is 18.4 Å². The van der Waals surface area contributed by atoms with Crippen LogP contribution >= 0.6 is 0 Å². The van der Waals surface area contributed by atoms with Gasteiger partial charge < -0.3 is 14.2 Å². The molecule has 0 bridgehead atoms. The summed E-state index contributed by atoms with van der Waals surface area (Å²) in [6, 6.07) is 15.4. The molecule has 0 radical (unpaired) electrons. The Bertz CT molecular complexity index is 1050. The molecule has 1 aliphatic heterocycles. The highest BCUT2D eigenvalue weighted by Crippen LogP contribution is 2.22. The number of nitrogens with zero attached hydrogens (tertiary/aromatic N) is 4. The van der Waals surface area contributed by atoms with E-state index in [1.807, 2.05) is 48.5 Å². The van der Waals surface area contributed by atoms with Gasteiger partial charge in [0, 0.05) is 31.3 Å². The standard InChI is InChI=1S/C25H30N4O3/c1-18-6-5-13-29(15-18)16-19-9-11-20(12-10-19)25(30)28(2)17-23-26-24(27-32-23)21-7-4-8-22(14-21)31-3/h4,7-12,14,18H,5-6,13,15-17H2,1-3H3/t18-/m1/s1. The van der Waals surface area contributed by atoms with E-state index in [0.29, 0.717) is 17.3 Å². The first kappa shape index (κ1) is 22.0. The van der Waals surface area contributed by atoms with Gasteiger partial charge in [0.25, 0.3) is 5.91 Å². The number of ether oxygens (including phenoxy) is 1. The molecule has 0 saturated carbocycles. The van der Waals surface area contributed by atoms with Gasteiger partial charge in [-0.2, -0.15) is 4.98 Å². The smallest absolute Gasteiger partial charge is 0.254 e. The number of hydrogen-bond acceptors (Lipinski definition) is 6. The molecule has 1 aliphatic rings. The summed E-state index contributed by atoms with van der Waals surface area (Å²) < 4.78 is 10.6. The zero-order chi connectivity index (χ0) is 22.5. The molecule has 7 heteroatoms. The Labute approximate surface area is 189 Å². The van der Waals surface area contributed by atoms with Gasteiger partial charge >= 0.3 is 0 Å². The second-order valence-corrected chi connectivity index (χ2v) is 8.58. The van der Waals surface area contributed by atoms with Crippen molar-refractivity contribution in [3.8, 4) is 17.1 Å². The number of carbonyl (C=O) groups is 1. The molecule has 3 aromatic rings. The fourth-order valence-corrected chi connectivity index (χ4v) is 4.13. The summed E-state index contributed by atoms with van der Waals surface area (Å²) in [6.45, 7) is 5.78. The van der Waals surface area contributed by atoms with Crippen molar-refractivity contribution in [2.24, 2.45) is 5.92 Å². The van der Waals surface area contributed by atoms with Crippen LogP contribution in [0.15, 0.2) is 53.1 Å². The van der Waals surface area contributed by atoms with E-state index in [4.69, 9.17) is 9.26 Å². The Morgan fingerprint density at radius 2 is 2.06 bits per heavy atom. The summed E-state index contributed by atoms with van der Waals surface area (Å²) >= 11 is 0. The molecule has 1 saturated heterocycles. The van der Waals surface area contributed by atoms with Crippen LogP contribution in [-0.2, 0) is 13.1 Å². The summed E-state index contributed by atoms with van der Waals surface area (Å²) in [6.07, 6.45) is 2.58. The maximum atomic E-state index is 12.9. The fourth-order valence-electron chi connectivity index (χ4n) is 4.13. The average Bonchev–Trinajstić information content (AvgIpc) is 3.27. The van der Waals surface area contributed by atoms with Gasteiger partial charge in [-0.05, 0) is 55.1 Å². The van der Waals surface area contributed by atoms with Crippen LogP contribution in [0.2, 0.25) is 0 Å². The van der Waals surface area contributed by atoms with Crippen molar-refractivity contribution in [1.82, 2.24) is 19.9 Å². The molecule has 1 atom stereocenters. The van der Waals surface area contributed by atoms with Crippen LogP contribution in [0.5, 0.6) is 5.75 Å². The molecule has 1 aromatic heterocycles. The third-order valence-electron chi connectivity index (χ3n) is 5.86. The van der Waals surface area contributed by atoms with Crippen molar-refractivity contribution in [3.63, 3.8) is 0 Å². The summed E-state index contributed by atoms with van der Waals surface area (Å²) in [7, 11) is 3.35. The van der Waals surface area contributed by atoms with Crippen molar-refractivity contribution in [2.75, 3.05) is 27.2 Å². The average molecular weight is 435 g/mol. The Morgan fingerprint density at radius 3 is 2.81 bits per heavy atom. The minimum absolute atomic E-state index is 0.0794. The first-order valence-electron chi connectivity index (χ1n) is 11.1. The van der Waals surface area contributed by atoms with Gasteiger partial charge in [-0.25, -0.2) is 0 Å². The molecule has 0 aliphatic carbocycles. The predicted molar refractivity (Wildman–Crippen MR) is 122 cm³/mol. The number of carbonyl (C=O) groups excluding carboxylic acids is 1. The molecule has 32 heavy (non-hydrogen) atoms. The maximum Gasteiger partial charge on any atom is 0.254 e. The van der Waals surface area contributed by atoms with E-state index in [9.17, 15) is 4.79 Å². The largest absolute Gasteiger partial charge is 0.497 e. The van der Waals surface area contributed by atoms with Crippen molar-refractivity contribution in [1.29, 1.82) is 0 Å². The van der Waals surface area contributed by atoms with E-state index in [1.54, 1.807) is 19.1 Å². The first-order chi connectivity index (χ1) is 15.5. The quantitative estimate of drug-likeness (QED) is 0.554. The number of piperidine rings is 1. The topological polar surface area (TPSA) is 71.7 Å². The number of amides is 1. The van der Waals surface area contributed by atoms with Gasteiger partial charge in [0.1, 0.15) is 5.75 Å². The van der Waals surface area contributed by atoms with E-state index >= 15 is 0 Å². The second-order valence-electron chi connectivity index (χ2n) is 8.58. The minimum atomic E-state index is -0.0794. The third kappa shape index (κ3) is 5.34. The van der Waals surface area contributed by atoms with Crippen LogP contribution in [-0.4, -0.2) is 53.1 Å². The van der Waals surface area contributed by atoms with Crippen LogP contribution in [0.4, 0.5) is 0 Å². The Balaban J connectivity index is 1.36. The molecule has 2 heterocycles. The van der Waals surface area contributed by atoms with E-state index in [-0.39, 0.29) is 12.5 Å². The molecule has 1 fully saturated rings. The predicted octanol–water partition coefficient (Wildman–Crippen LogP) is 4.25. The maximum absolute atomic E-state index is 12.9. The minimum Gasteiger partial charge on any atom is -0.497 e. The number of rotatable bonds is 7. The Hall–Kier alpha value is -3.19. The molecule has 7 nitrogen and oxygen atoms in total. The van der Waals surface area contributed by atoms with Gasteiger partial charge in [0.15, 0.2) is 0 Å². The zero-order valence-electron chi connectivity index (χ0n) is 19.0. The SMILES string of the molecule is COc1cccc(-c2noc(CN(C)C(=O)c3ccc(CN4CCC[C@@H](C)C4)cc3)n2)c1. The molecule has 0 N–H and O–H groups in total. The third-order valence-corrected chi connectivity index (χ3v) is 5.86. The van der Waals surface area contributed by atoms with Crippen LogP contribution in [0, 0.1) is 5.92 Å². The molecular formula is C25H30N4O3. The summed E-state index contributed by atoms with van der Waals surface area (Å²) in [4.78, 5) is 21.4. The Kier molecular flexibility index (Phi) is 6.85. The second kappa shape index (κ2) is 9.96. The fraction of sp³-hybridized carbons (Fsp3) is 0.400. The highest BCUT2D eigenvalue weighted by atomic mass is 16.5. The lowest BCUT2D eigenvalue weighted by Gasteiger charge is -2.30. The number of benzene rings is 2. The van der Waals surface area contributed by atoms with Gasteiger partial charge in [0.2, 0.25) is 11.7 Å². The van der Waals surface area contributed by atoms with Crippen molar-refractivity contribution in [3.05, 3.63) is 65.5 Å². The molecule has 0 unspecified atom stereocenters. The Morgan fingerprint density at radius 1 is 1.25 bits per heavy atom. The lowest BCUT2D eigenvalue weighted by Crippen LogP contribution is -2.33. The van der Waals surface area contributed by atoms with Gasteiger partial charge in [-0.15, -0.1) is 0 Å². The van der Waals surface area contributed by atoms with E-state index in [0.717, 1.165) is 36.9 Å². The van der Waals surface area contributed by atoms with E-state index in [2.05, 4.69) is 22.0 Å². The number of aromatic nitrogens is 2. The molecule has 168 valence electrons. The van der Waals surface area contributed by atoms with Crippen LogP contribution < -0.4 is 4.74 Å². The molecule has 0 spiro atoms. The molecule has 2 aromatic carbocycles. The zero-order valence-corrected chi connectivity index (χ0v) is 19.0. The highest BCUT2D eigenvalue weighted by molar-refractivity contribution is 5.94. The van der Waals surface area contributed by atoms with Gasteiger partial charge in [-0.3, -0.25) is 9.69 Å². The number of methoxy groups -OCH3 is 1. The van der Waals surface area contributed by atoms with Crippen LogP contribution in [0.1, 0.15) is 41.6 Å². The van der Waals surface area contributed by atoms with Crippen LogP contribution in [0.25, 0.3) is 11.4 Å². The summed E-state index contributed by atoms with van der Waals surface area (Å²) in [5, 5.41) is 4.04. The van der Waals surface area contributed by atoms with Crippen molar-refractivity contribution >= 4 is 5.91 Å². The number of hydrogen-bond donors (Lipinski definition) is 0. The van der Waals surface area contributed by atoms with Crippen molar-refractivity contribution < 1.29 is 14.1 Å². The van der Waals surface area contributed by atoms with Gasteiger partial charge in [0.05, 0.1) is 13.7 Å². The van der Waals surface area contributed by atoms with Gasteiger partial charge in [-0.1, -0.05) is 36.3 Å². The normalized spacial score (nSPS) is 16.7. The lowest BCUT2D eigenvalue weighted by atomic mass is 9.99.